The maximum Gasteiger partial charge on any atom is 0.407 e. The quantitative estimate of drug-likeness (QED) is 0.414. The van der Waals surface area contributed by atoms with E-state index in [9.17, 15) is 23.5 Å². The number of rotatable bonds is 7. The van der Waals surface area contributed by atoms with Crippen LogP contribution in [0.5, 0.6) is 5.88 Å². The molecule has 2 aromatic heterocycles. The highest BCUT2D eigenvalue weighted by atomic mass is 19.3. The molecule has 2 saturated heterocycles. The molecule has 0 radical (unpaired) electrons. The number of ether oxygens (including phenoxy) is 2. The van der Waals surface area contributed by atoms with Crippen molar-refractivity contribution in [3.05, 3.63) is 36.2 Å². The van der Waals surface area contributed by atoms with Crippen LogP contribution in [-0.4, -0.2) is 92.6 Å². The molecule has 1 aromatic carbocycles. The number of carbonyl (C=O) groups is 2. The van der Waals surface area contributed by atoms with E-state index in [2.05, 4.69) is 20.3 Å². The monoisotopic (exact) mass is 599 g/mol. The molecule has 3 aliphatic rings. The first-order valence-corrected chi connectivity index (χ1v) is 14.8. The fourth-order valence-corrected chi connectivity index (χ4v) is 6.14. The molecule has 230 valence electrons. The van der Waals surface area contributed by atoms with Gasteiger partial charge >= 0.3 is 6.09 Å². The number of anilines is 1. The topological polar surface area (TPSA) is 135 Å². The van der Waals surface area contributed by atoms with E-state index in [0.717, 1.165) is 12.8 Å². The number of piperidine rings is 1. The number of imidazole rings is 1. The van der Waals surface area contributed by atoms with Gasteiger partial charge in [0.25, 0.3) is 6.43 Å². The van der Waals surface area contributed by atoms with Crippen LogP contribution in [0.25, 0.3) is 16.9 Å². The van der Waals surface area contributed by atoms with E-state index in [0.29, 0.717) is 81.9 Å². The third-order valence-electron chi connectivity index (χ3n) is 8.34. The molecule has 43 heavy (non-hydrogen) atoms. The number of aromatic nitrogens is 4. The number of nitrogens with zero attached hydrogens (tertiary/aromatic N) is 6. The van der Waals surface area contributed by atoms with Crippen LogP contribution >= 0.6 is 0 Å². The first-order chi connectivity index (χ1) is 20.9. The molecule has 1 atom stereocenters. The molecule has 1 aliphatic carbocycles. The standard InChI is InChI=1S/C29H35F2N7O5/c30-25(31)26-33-20-5-1-2-6-21(20)38(26)23-17-24(35-28(34-23)36-13-15-42-16-14-36)43-19-10-8-18(9-11-19)32-27(39)22-7-3-4-12-37(22)29(40)41/h1-2,5-6,17-19,22,25H,3-4,7-16H2,(H,32,39)(H,40,41)/t18?,19?,22-/m1/s1. The Hall–Kier alpha value is -4.07. The normalized spacial score (nSPS) is 23.0. The third-order valence-corrected chi connectivity index (χ3v) is 8.34. The lowest BCUT2D eigenvalue weighted by Crippen LogP contribution is -2.54. The average molecular weight is 600 g/mol. The molecule has 2 N–H and O–H groups in total. The number of para-hydroxylation sites is 2. The second-order valence-electron chi connectivity index (χ2n) is 11.1. The highest BCUT2D eigenvalue weighted by molar-refractivity contribution is 5.85. The van der Waals surface area contributed by atoms with Crippen LogP contribution in [0, 0.1) is 0 Å². The number of carbonyl (C=O) groups excluding carboxylic acids is 1. The second kappa shape index (κ2) is 12.7. The summed E-state index contributed by atoms with van der Waals surface area (Å²) in [5.41, 5.74) is 0.943. The number of hydrogen-bond acceptors (Lipinski definition) is 8. The molecular weight excluding hydrogens is 564 g/mol. The summed E-state index contributed by atoms with van der Waals surface area (Å²) >= 11 is 0. The van der Waals surface area contributed by atoms with Gasteiger partial charge in [-0.2, -0.15) is 9.97 Å². The van der Waals surface area contributed by atoms with Crippen LogP contribution in [0.3, 0.4) is 0 Å². The maximum atomic E-state index is 14.1. The summed E-state index contributed by atoms with van der Waals surface area (Å²) in [5.74, 6) is 0.229. The number of fused-ring (bicyclic) bond motifs is 1. The molecule has 3 fully saturated rings. The first kappa shape index (κ1) is 29.0. The molecule has 4 heterocycles. The zero-order valence-corrected chi connectivity index (χ0v) is 23.7. The van der Waals surface area contributed by atoms with Crippen LogP contribution in [0.4, 0.5) is 19.5 Å². The first-order valence-electron chi connectivity index (χ1n) is 14.8. The number of likely N-dealkylation sites (tertiary alicyclic amines) is 1. The van der Waals surface area contributed by atoms with Gasteiger partial charge in [-0.25, -0.2) is 18.6 Å². The van der Waals surface area contributed by atoms with Crippen LogP contribution < -0.4 is 15.0 Å². The number of halogens is 2. The smallest absolute Gasteiger partial charge is 0.407 e. The molecular formula is C29H35F2N7O5. The van der Waals surface area contributed by atoms with Gasteiger partial charge in [0.1, 0.15) is 18.0 Å². The van der Waals surface area contributed by atoms with Crippen LogP contribution in [-0.2, 0) is 9.53 Å². The van der Waals surface area contributed by atoms with Crippen molar-refractivity contribution in [2.45, 2.75) is 69.6 Å². The molecule has 6 rings (SSSR count). The Labute approximate surface area is 247 Å². The highest BCUT2D eigenvalue weighted by Crippen LogP contribution is 2.31. The van der Waals surface area contributed by atoms with E-state index in [1.165, 1.54) is 9.47 Å². The minimum atomic E-state index is -2.82. The van der Waals surface area contributed by atoms with E-state index < -0.39 is 24.4 Å². The predicted octanol–water partition coefficient (Wildman–Crippen LogP) is 3.93. The summed E-state index contributed by atoms with van der Waals surface area (Å²) in [7, 11) is 0. The van der Waals surface area contributed by atoms with Crippen LogP contribution in [0.15, 0.2) is 30.3 Å². The Morgan fingerprint density at radius 1 is 1.00 bits per heavy atom. The summed E-state index contributed by atoms with van der Waals surface area (Å²) in [6, 6.07) is 7.76. The number of morpholine rings is 1. The number of carboxylic acid groups (broad SMARTS) is 1. The Kier molecular flexibility index (Phi) is 8.54. The van der Waals surface area contributed by atoms with Gasteiger partial charge < -0.3 is 24.8 Å². The fourth-order valence-electron chi connectivity index (χ4n) is 6.14. The van der Waals surface area contributed by atoms with E-state index in [1.54, 1.807) is 30.3 Å². The van der Waals surface area contributed by atoms with E-state index in [1.807, 2.05) is 4.90 Å². The molecule has 2 amide bonds. The number of hydrogen-bond donors (Lipinski definition) is 2. The van der Waals surface area contributed by atoms with Gasteiger partial charge in [-0.3, -0.25) is 14.3 Å². The lowest BCUT2D eigenvalue weighted by molar-refractivity contribution is -0.128. The van der Waals surface area contributed by atoms with Gasteiger partial charge in [-0.15, -0.1) is 0 Å². The Morgan fingerprint density at radius 2 is 1.77 bits per heavy atom. The minimum absolute atomic E-state index is 0.0827. The van der Waals surface area contributed by atoms with Crippen molar-refractivity contribution in [2.75, 3.05) is 37.7 Å². The molecule has 2 aliphatic heterocycles. The molecule has 0 spiro atoms. The van der Waals surface area contributed by atoms with Crippen LogP contribution in [0.2, 0.25) is 0 Å². The lowest BCUT2D eigenvalue weighted by Gasteiger charge is -2.35. The van der Waals surface area contributed by atoms with Crippen molar-refractivity contribution < 1.29 is 33.0 Å². The van der Waals surface area contributed by atoms with E-state index in [4.69, 9.17) is 9.47 Å². The van der Waals surface area contributed by atoms with Crippen molar-refractivity contribution in [2.24, 2.45) is 0 Å². The largest absolute Gasteiger partial charge is 0.474 e. The summed E-state index contributed by atoms with van der Waals surface area (Å²) in [6.45, 7) is 2.48. The number of alkyl halides is 2. The van der Waals surface area contributed by atoms with Gasteiger partial charge in [0.2, 0.25) is 17.7 Å². The molecule has 3 aromatic rings. The van der Waals surface area contributed by atoms with E-state index >= 15 is 0 Å². The van der Waals surface area contributed by atoms with Crippen molar-refractivity contribution in [3.63, 3.8) is 0 Å². The van der Waals surface area contributed by atoms with Gasteiger partial charge in [0.05, 0.1) is 24.2 Å². The minimum Gasteiger partial charge on any atom is -0.474 e. The van der Waals surface area contributed by atoms with Gasteiger partial charge in [0, 0.05) is 31.7 Å². The summed E-state index contributed by atoms with van der Waals surface area (Å²) in [6.07, 6.45) is 0.618. The molecule has 1 saturated carbocycles. The molecule has 0 unspecified atom stereocenters. The summed E-state index contributed by atoms with van der Waals surface area (Å²) in [4.78, 5) is 41.2. The second-order valence-corrected chi connectivity index (χ2v) is 11.1. The third kappa shape index (κ3) is 6.33. The average Bonchev–Trinajstić information content (AvgIpc) is 3.42. The molecule has 14 heteroatoms. The lowest BCUT2D eigenvalue weighted by atomic mass is 9.92. The van der Waals surface area contributed by atoms with Crippen LogP contribution in [0.1, 0.15) is 57.2 Å². The molecule has 12 nitrogen and oxygen atoms in total. The number of benzene rings is 1. The van der Waals surface area contributed by atoms with Gasteiger partial charge in [0.15, 0.2) is 5.82 Å². The van der Waals surface area contributed by atoms with Gasteiger partial charge in [-0.05, 0) is 57.1 Å². The highest BCUT2D eigenvalue weighted by Gasteiger charge is 2.34. The fraction of sp³-hybridized carbons (Fsp3) is 0.552. The van der Waals surface area contributed by atoms with Crippen molar-refractivity contribution in [1.82, 2.24) is 29.7 Å². The molecule has 0 bridgehead atoms. The zero-order chi connectivity index (χ0) is 29.9. The van der Waals surface area contributed by atoms with Crippen molar-refractivity contribution >= 4 is 29.0 Å². The summed E-state index contributed by atoms with van der Waals surface area (Å²) in [5, 5.41) is 12.5. The van der Waals surface area contributed by atoms with Crippen molar-refractivity contribution in [1.29, 1.82) is 0 Å². The summed E-state index contributed by atoms with van der Waals surface area (Å²) < 4.78 is 41.4. The van der Waals surface area contributed by atoms with Crippen molar-refractivity contribution in [3.8, 4) is 11.7 Å². The SMILES string of the molecule is O=C(NC1CCC(Oc2cc(-n3c(C(F)F)nc4ccccc43)nc(N3CCOCC3)n2)CC1)[C@H]1CCCCN1C(=O)O. The maximum absolute atomic E-state index is 14.1. The Bertz CT molecular complexity index is 1460. The van der Waals surface area contributed by atoms with Gasteiger partial charge in [-0.1, -0.05) is 12.1 Å². The Morgan fingerprint density at radius 3 is 2.51 bits per heavy atom. The van der Waals surface area contributed by atoms with E-state index in [-0.39, 0.29) is 29.8 Å². The number of amides is 2. The Balaban J connectivity index is 1.19. The predicted molar refractivity (Wildman–Crippen MR) is 152 cm³/mol. The zero-order valence-electron chi connectivity index (χ0n) is 23.7. The number of nitrogens with one attached hydrogen (secondary N) is 1.